The standard InChI is InChI=1S/C9H17NO3/c1-3-7(4-2)8(10-6-11)5-9(12)13/h6-8H,3-5H2,1-2H3,(H,10,11)(H,12,13). The van der Waals surface area contributed by atoms with Crippen molar-refractivity contribution in [1.82, 2.24) is 5.32 Å². The Labute approximate surface area is 78.3 Å². The maximum Gasteiger partial charge on any atom is 0.305 e. The number of aliphatic carboxylic acids is 1. The number of hydrogen-bond acceptors (Lipinski definition) is 2. The van der Waals surface area contributed by atoms with Gasteiger partial charge >= 0.3 is 5.97 Å². The first-order valence-corrected chi connectivity index (χ1v) is 4.57. The molecule has 0 radical (unpaired) electrons. The van der Waals surface area contributed by atoms with Gasteiger partial charge in [-0.2, -0.15) is 0 Å². The van der Waals surface area contributed by atoms with Gasteiger partial charge in [-0.15, -0.1) is 0 Å². The van der Waals surface area contributed by atoms with Gasteiger partial charge in [0.15, 0.2) is 0 Å². The summed E-state index contributed by atoms with van der Waals surface area (Å²) in [5, 5.41) is 11.1. The van der Waals surface area contributed by atoms with Crippen molar-refractivity contribution < 1.29 is 14.7 Å². The zero-order chi connectivity index (χ0) is 10.3. The van der Waals surface area contributed by atoms with Gasteiger partial charge in [-0.25, -0.2) is 0 Å². The summed E-state index contributed by atoms with van der Waals surface area (Å²) >= 11 is 0. The smallest absolute Gasteiger partial charge is 0.305 e. The van der Waals surface area contributed by atoms with Crippen molar-refractivity contribution in [2.24, 2.45) is 5.92 Å². The Balaban J connectivity index is 4.18. The highest BCUT2D eigenvalue weighted by Crippen LogP contribution is 2.15. The third-order valence-corrected chi connectivity index (χ3v) is 2.29. The molecular formula is C9H17NO3. The average molecular weight is 187 g/mol. The lowest BCUT2D eigenvalue weighted by Gasteiger charge is -2.22. The van der Waals surface area contributed by atoms with Gasteiger partial charge in [-0.3, -0.25) is 9.59 Å². The lowest BCUT2D eigenvalue weighted by atomic mass is 9.92. The first-order valence-electron chi connectivity index (χ1n) is 4.57. The van der Waals surface area contributed by atoms with E-state index in [9.17, 15) is 9.59 Å². The SMILES string of the molecule is CCC(CC)C(CC(=O)O)NC=O. The number of amides is 1. The van der Waals surface area contributed by atoms with E-state index in [2.05, 4.69) is 5.32 Å². The highest BCUT2D eigenvalue weighted by Gasteiger charge is 2.20. The molecule has 1 unspecified atom stereocenters. The molecule has 4 heteroatoms. The second-order valence-electron chi connectivity index (χ2n) is 3.07. The molecule has 0 bridgehead atoms. The van der Waals surface area contributed by atoms with Gasteiger partial charge < -0.3 is 10.4 Å². The van der Waals surface area contributed by atoms with Crippen LogP contribution in [0.1, 0.15) is 33.1 Å². The fourth-order valence-corrected chi connectivity index (χ4v) is 1.49. The summed E-state index contributed by atoms with van der Waals surface area (Å²) in [6.45, 7) is 3.99. The summed E-state index contributed by atoms with van der Waals surface area (Å²) < 4.78 is 0. The molecule has 0 aromatic rings. The molecule has 0 spiro atoms. The van der Waals surface area contributed by atoms with E-state index in [4.69, 9.17) is 5.11 Å². The fourth-order valence-electron chi connectivity index (χ4n) is 1.49. The van der Waals surface area contributed by atoms with Crippen molar-refractivity contribution in [1.29, 1.82) is 0 Å². The normalized spacial score (nSPS) is 12.5. The topological polar surface area (TPSA) is 66.4 Å². The Hall–Kier alpha value is -1.06. The molecule has 0 fully saturated rings. The lowest BCUT2D eigenvalue weighted by molar-refractivity contribution is -0.138. The van der Waals surface area contributed by atoms with Crippen LogP contribution in [-0.4, -0.2) is 23.5 Å². The predicted molar refractivity (Wildman–Crippen MR) is 49.3 cm³/mol. The van der Waals surface area contributed by atoms with Crippen LogP contribution in [0, 0.1) is 5.92 Å². The molecule has 0 aromatic heterocycles. The first-order chi connectivity index (χ1) is 6.15. The minimum Gasteiger partial charge on any atom is -0.481 e. The van der Waals surface area contributed by atoms with Gasteiger partial charge in [0, 0.05) is 6.04 Å². The largest absolute Gasteiger partial charge is 0.481 e. The van der Waals surface area contributed by atoms with Crippen LogP contribution in [-0.2, 0) is 9.59 Å². The lowest BCUT2D eigenvalue weighted by Crippen LogP contribution is -2.36. The van der Waals surface area contributed by atoms with Crippen molar-refractivity contribution in [3.63, 3.8) is 0 Å². The van der Waals surface area contributed by atoms with Crippen LogP contribution in [0.4, 0.5) is 0 Å². The molecule has 0 aromatic carbocycles. The van der Waals surface area contributed by atoms with Gasteiger partial charge in [-0.05, 0) is 5.92 Å². The molecule has 0 saturated carbocycles. The Kier molecular flexibility index (Phi) is 5.93. The van der Waals surface area contributed by atoms with Crippen LogP contribution in [0.25, 0.3) is 0 Å². The molecule has 0 heterocycles. The van der Waals surface area contributed by atoms with E-state index in [-0.39, 0.29) is 18.4 Å². The number of carbonyl (C=O) groups excluding carboxylic acids is 1. The van der Waals surface area contributed by atoms with Crippen molar-refractivity contribution in [2.75, 3.05) is 0 Å². The Bertz CT molecular complexity index is 166. The predicted octanol–water partition coefficient (Wildman–Crippen LogP) is 1.01. The van der Waals surface area contributed by atoms with Crippen LogP contribution < -0.4 is 5.32 Å². The molecule has 1 atom stereocenters. The van der Waals surface area contributed by atoms with E-state index in [0.29, 0.717) is 6.41 Å². The fraction of sp³-hybridized carbons (Fsp3) is 0.778. The van der Waals surface area contributed by atoms with E-state index in [1.54, 1.807) is 0 Å². The third-order valence-electron chi connectivity index (χ3n) is 2.29. The number of nitrogens with one attached hydrogen (secondary N) is 1. The minimum atomic E-state index is -0.869. The molecule has 4 nitrogen and oxygen atoms in total. The summed E-state index contributed by atoms with van der Waals surface area (Å²) in [4.78, 5) is 20.7. The van der Waals surface area contributed by atoms with Crippen LogP contribution >= 0.6 is 0 Å². The van der Waals surface area contributed by atoms with Crippen molar-refractivity contribution >= 4 is 12.4 Å². The van der Waals surface area contributed by atoms with Gasteiger partial charge in [0.05, 0.1) is 6.42 Å². The molecular weight excluding hydrogens is 170 g/mol. The average Bonchev–Trinajstić information content (AvgIpc) is 2.05. The molecule has 0 aliphatic rings. The summed E-state index contributed by atoms with van der Waals surface area (Å²) in [5.74, 6) is -0.618. The summed E-state index contributed by atoms with van der Waals surface area (Å²) in [7, 11) is 0. The molecule has 2 N–H and O–H groups in total. The highest BCUT2D eigenvalue weighted by atomic mass is 16.4. The van der Waals surface area contributed by atoms with Crippen LogP contribution in [0.15, 0.2) is 0 Å². The van der Waals surface area contributed by atoms with Crippen LogP contribution in [0.2, 0.25) is 0 Å². The van der Waals surface area contributed by atoms with Gasteiger partial charge in [0.1, 0.15) is 0 Å². The number of carboxylic acids is 1. The number of rotatable bonds is 7. The van der Waals surface area contributed by atoms with Crippen molar-refractivity contribution in [3.05, 3.63) is 0 Å². The van der Waals surface area contributed by atoms with Crippen LogP contribution in [0.5, 0.6) is 0 Å². The maximum absolute atomic E-state index is 10.5. The molecule has 76 valence electrons. The minimum absolute atomic E-state index is 0.00505. The summed E-state index contributed by atoms with van der Waals surface area (Å²) in [6, 6.07) is -0.231. The Morgan fingerprint density at radius 3 is 2.31 bits per heavy atom. The number of hydrogen-bond donors (Lipinski definition) is 2. The Morgan fingerprint density at radius 2 is 2.00 bits per heavy atom. The van der Waals surface area contributed by atoms with E-state index in [1.165, 1.54) is 0 Å². The molecule has 0 aliphatic heterocycles. The quantitative estimate of drug-likeness (QED) is 0.584. The maximum atomic E-state index is 10.5. The third kappa shape index (κ3) is 4.50. The molecule has 1 amide bonds. The van der Waals surface area contributed by atoms with E-state index in [1.807, 2.05) is 13.8 Å². The molecule has 0 aliphatic carbocycles. The number of carbonyl (C=O) groups is 2. The zero-order valence-corrected chi connectivity index (χ0v) is 8.12. The van der Waals surface area contributed by atoms with Crippen LogP contribution in [0.3, 0.4) is 0 Å². The van der Waals surface area contributed by atoms with Crippen molar-refractivity contribution in [3.8, 4) is 0 Å². The monoisotopic (exact) mass is 187 g/mol. The van der Waals surface area contributed by atoms with E-state index >= 15 is 0 Å². The van der Waals surface area contributed by atoms with Gasteiger partial charge in [-0.1, -0.05) is 26.7 Å². The van der Waals surface area contributed by atoms with E-state index in [0.717, 1.165) is 12.8 Å². The molecule has 0 saturated heterocycles. The second kappa shape index (κ2) is 6.46. The second-order valence-corrected chi connectivity index (χ2v) is 3.07. The van der Waals surface area contributed by atoms with E-state index < -0.39 is 5.97 Å². The Morgan fingerprint density at radius 1 is 1.46 bits per heavy atom. The molecule has 0 rings (SSSR count). The zero-order valence-electron chi connectivity index (χ0n) is 8.12. The summed E-state index contributed by atoms with van der Waals surface area (Å²) in [5.41, 5.74) is 0. The molecule has 13 heavy (non-hydrogen) atoms. The summed E-state index contributed by atoms with van der Waals surface area (Å²) in [6.07, 6.45) is 2.35. The van der Waals surface area contributed by atoms with Gasteiger partial charge in [0.25, 0.3) is 0 Å². The highest BCUT2D eigenvalue weighted by molar-refractivity contribution is 5.68. The first kappa shape index (κ1) is 11.9. The number of carboxylic acid groups (broad SMARTS) is 1. The van der Waals surface area contributed by atoms with Gasteiger partial charge in [0.2, 0.25) is 6.41 Å². The van der Waals surface area contributed by atoms with Crippen molar-refractivity contribution in [2.45, 2.75) is 39.2 Å².